The van der Waals surface area contributed by atoms with Crippen LogP contribution in [0.1, 0.15) is 19.4 Å². The Hall–Kier alpha value is -0.740. The van der Waals surface area contributed by atoms with E-state index in [1.165, 1.54) is 17.7 Å². The molecule has 0 atom stereocenters. The molecular formula is C12H14BrF2N. The van der Waals surface area contributed by atoms with Crippen molar-refractivity contribution < 1.29 is 8.78 Å². The lowest BCUT2D eigenvalue weighted by molar-refractivity contribution is 0.538. The van der Waals surface area contributed by atoms with E-state index in [-0.39, 0.29) is 16.6 Å². The van der Waals surface area contributed by atoms with Crippen molar-refractivity contribution in [2.75, 3.05) is 6.54 Å². The van der Waals surface area contributed by atoms with Gasteiger partial charge in [0.25, 0.3) is 0 Å². The fourth-order valence-electron chi connectivity index (χ4n) is 1.20. The summed E-state index contributed by atoms with van der Waals surface area (Å²) < 4.78 is 27.1. The maximum Gasteiger partial charge on any atom is 0.144 e. The van der Waals surface area contributed by atoms with Crippen LogP contribution in [0.5, 0.6) is 0 Å². The molecule has 1 aromatic rings. The van der Waals surface area contributed by atoms with Gasteiger partial charge in [-0.15, -0.1) is 0 Å². The summed E-state index contributed by atoms with van der Waals surface area (Å²) in [4.78, 5) is 0. The Balaban J connectivity index is 2.67. The zero-order valence-electron chi connectivity index (χ0n) is 9.28. The fourth-order valence-corrected chi connectivity index (χ4v) is 1.58. The Morgan fingerprint density at radius 3 is 2.69 bits per heavy atom. The van der Waals surface area contributed by atoms with Gasteiger partial charge in [-0.2, -0.15) is 0 Å². The van der Waals surface area contributed by atoms with Gasteiger partial charge in [0, 0.05) is 18.7 Å². The van der Waals surface area contributed by atoms with Crippen molar-refractivity contribution in [1.29, 1.82) is 0 Å². The van der Waals surface area contributed by atoms with E-state index < -0.39 is 11.6 Å². The van der Waals surface area contributed by atoms with Crippen molar-refractivity contribution in [3.63, 3.8) is 0 Å². The summed E-state index contributed by atoms with van der Waals surface area (Å²) in [5.41, 5.74) is 1.24. The molecule has 0 aliphatic carbocycles. The lowest BCUT2D eigenvalue weighted by atomic mass is 10.2. The molecule has 0 aliphatic heterocycles. The maximum absolute atomic E-state index is 13.5. The minimum Gasteiger partial charge on any atom is -0.309 e. The number of hydrogen-bond acceptors (Lipinski definition) is 1. The molecule has 0 fully saturated rings. The van der Waals surface area contributed by atoms with Crippen molar-refractivity contribution in [3.05, 3.63) is 45.5 Å². The molecule has 0 radical (unpaired) electrons. The fraction of sp³-hybridized carbons (Fsp3) is 0.333. The van der Waals surface area contributed by atoms with Gasteiger partial charge in [-0.25, -0.2) is 8.78 Å². The summed E-state index contributed by atoms with van der Waals surface area (Å²) in [6.45, 7) is 4.73. The molecule has 1 rings (SSSR count). The number of benzene rings is 1. The van der Waals surface area contributed by atoms with Gasteiger partial charge in [0.2, 0.25) is 0 Å². The average Bonchev–Trinajstić information content (AvgIpc) is 2.22. The van der Waals surface area contributed by atoms with E-state index in [2.05, 4.69) is 21.2 Å². The molecular weight excluding hydrogens is 276 g/mol. The Morgan fingerprint density at radius 1 is 1.38 bits per heavy atom. The van der Waals surface area contributed by atoms with Gasteiger partial charge in [-0.3, -0.25) is 0 Å². The van der Waals surface area contributed by atoms with Crippen LogP contribution < -0.4 is 5.32 Å². The second kappa shape index (κ2) is 6.11. The van der Waals surface area contributed by atoms with Crippen LogP contribution in [0.15, 0.2) is 28.3 Å². The van der Waals surface area contributed by atoms with Crippen LogP contribution in [0, 0.1) is 11.6 Å². The van der Waals surface area contributed by atoms with E-state index in [9.17, 15) is 8.78 Å². The van der Waals surface area contributed by atoms with Gasteiger partial charge in [0.05, 0.1) is 4.47 Å². The average molecular weight is 290 g/mol. The smallest absolute Gasteiger partial charge is 0.144 e. The molecule has 0 bridgehead atoms. The molecule has 0 amide bonds. The third-order valence-electron chi connectivity index (χ3n) is 2.10. The van der Waals surface area contributed by atoms with E-state index >= 15 is 0 Å². The SMILES string of the molecule is CC(C)=CCNCc1c(F)ccc(Br)c1F. The molecule has 0 saturated heterocycles. The Bertz CT molecular complexity index is 398. The summed E-state index contributed by atoms with van der Waals surface area (Å²) in [5, 5.41) is 2.96. The summed E-state index contributed by atoms with van der Waals surface area (Å²) in [6.07, 6.45) is 1.97. The molecule has 88 valence electrons. The molecule has 0 aliphatic rings. The first-order valence-corrected chi connectivity index (χ1v) is 5.78. The first-order valence-electron chi connectivity index (χ1n) is 4.99. The number of halogens is 3. The maximum atomic E-state index is 13.5. The highest BCUT2D eigenvalue weighted by molar-refractivity contribution is 9.10. The van der Waals surface area contributed by atoms with Crippen LogP contribution in [0.3, 0.4) is 0 Å². The Morgan fingerprint density at radius 2 is 2.06 bits per heavy atom. The predicted octanol–water partition coefficient (Wildman–Crippen LogP) is 3.78. The highest BCUT2D eigenvalue weighted by Crippen LogP contribution is 2.21. The van der Waals surface area contributed by atoms with E-state index in [1.807, 2.05) is 19.9 Å². The molecule has 0 spiro atoms. The van der Waals surface area contributed by atoms with Gasteiger partial charge in [0.15, 0.2) is 0 Å². The zero-order chi connectivity index (χ0) is 12.1. The minimum atomic E-state index is -0.537. The molecule has 0 unspecified atom stereocenters. The van der Waals surface area contributed by atoms with E-state index in [1.54, 1.807) is 0 Å². The number of rotatable bonds is 4. The van der Waals surface area contributed by atoms with E-state index in [0.29, 0.717) is 6.54 Å². The normalized spacial score (nSPS) is 10.3. The van der Waals surface area contributed by atoms with Gasteiger partial charge in [-0.05, 0) is 41.9 Å². The minimum absolute atomic E-state index is 0.0662. The molecule has 1 N–H and O–H groups in total. The highest BCUT2D eigenvalue weighted by atomic mass is 79.9. The van der Waals surface area contributed by atoms with E-state index in [0.717, 1.165) is 0 Å². The summed E-state index contributed by atoms with van der Waals surface area (Å²) >= 11 is 3.03. The standard InChI is InChI=1S/C12H14BrF2N/c1-8(2)5-6-16-7-9-11(14)4-3-10(13)12(9)15/h3-5,16H,6-7H2,1-2H3. The van der Waals surface area contributed by atoms with Crippen LogP contribution in [-0.4, -0.2) is 6.54 Å². The van der Waals surface area contributed by atoms with Gasteiger partial charge >= 0.3 is 0 Å². The van der Waals surface area contributed by atoms with Crippen LogP contribution in [0.2, 0.25) is 0 Å². The molecule has 1 aromatic carbocycles. The second-order valence-corrected chi connectivity index (χ2v) is 4.59. The summed E-state index contributed by atoms with van der Waals surface area (Å²) in [6, 6.07) is 2.62. The van der Waals surface area contributed by atoms with Crippen LogP contribution in [0.4, 0.5) is 8.78 Å². The Kier molecular flexibility index (Phi) is 5.09. The molecule has 1 nitrogen and oxygen atoms in total. The molecule has 0 aromatic heterocycles. The Labute approximate surface area is 103 Å². The second-order valence-electron chi connectivity index (χ2n) is 3.73. The van der Waals surface area contributed by atoms with Gasteiger partial charge in [0.1, 0.15) is 11.6 Å². The van der Waals surface area contributed by atoms with Crippen LogP contribution in [0.25, 0.3) is 0 Å². The predicted molar refractivity (Wildman–Crippen MR) is 65.2 cm³/mol. The largest absolute Gasteiger partial charge is 0.309 e. The molecule has 0 heterocycles. The number of nitrogens with one attached hydrogen (secondary N) is 1. The lowest BCUT2D eigenvalue weighted by Crippen LogP contribution is -2.15. The quantitative estimate of drug-likeness (QED) is 0.505. The van der Waals surface area contributed by atoms with Crippen molar-refractivity contribution in [2.24, 2.45) is 0 Å². The van der Waals surface area contributed by atoms with Crippen molar-refractivity contribution in [2.45, 2.75) is 20.4 Å². The van der Waals surface area contributed by atoms with Gasteiger partial charge in [-0.1, -0.05) is 11.6 Å². The summed E-state index contributed by atoms with van der Waals surface area (Å²) in [7, 11) is 0. The third-order valence-corrected chi connectivity index (χ3v) is 2.71. The highest BCUT2D eigenvalue weighted by Gasteiger charge is 2.11. The third kappa shape index (κ3) is 3.68. The lowest BCUT2D eigenvalue weighted by Gasteiger charge is -2.07. The molecule has 16 heavy (non-hydrogen) atoms. The zero-order valence-corrected chi connectivity index (χ0v) is 10.9. The van der Waals surface area contributed by atoms with Crippen LogP contribution >= 0.6 is 15.9 Å². The molecule has 4 heteroatoms. The number of hydrogen-bond donors (Lipinski definition) is 1. The van der Waals surface area contributed by atoms with Crippen molar-refractivity contribution >= 4 is 15.9 Å². The van der Waals surface area contributed by atoms with Crippen LogP contribution in [-0.2, 0) is 6.54 Å². The first kappa shape index (κ1) is 13.3. The van der Waals surface area contributed by atoms with Crippen molar-refractivity contribution in [1.82, 2.24) is 5.32 Å². The number of allylic oxidation sites excluding steroid dienone is 1. The summed E-state index contributed by atoms with van der Waals surface area (Å²) in [5.74, 6) is -1.06. The molecule has 0 saturated carbocycles. The van der Waals surface area contributed by atoms with E-state index in [4.69, 9.17) is 0 Å². The monoisotopic (exact) mass is 289 g/mol. The van der Waals surface area contributed by atoms with Gasteiger partial charge < -0.3 is 5.32 Å². The van der Waals surface area contributed by atoms with Crippen molar-refractivity contribution in [3.8, 4) is 0 Å². The topological polar surface area (TPSA) is 12.0 Å². The first-order chi connectivity index (χ1) is 7.52.